The normalized spacial score (nSPS) is 21.8. The molecule has 17 heavy (non-hydrogen) atoms. The maximum Gasteiger partial charge on any atom is 0.0368 e. The summed E-state index contributed by atoms with van der Waals surface area (Å²) >= 11 is 0. The first-order valence-electron chi connectivity index (χ1n) is 6.89. The molecule has 2 fully saturated rings. The second kappa shape index (κ2) is 4.69. The molecule has 1 aliphatic heterocycles. The molecule has 0 aromatic heterocycles. The number of hydrogen-bond donors (Lipinski definition) is 1. The fourth-order valence-electron chi connectivity index (χ4n) is 2.71. The van der Waals surface area contributed by atoms with Gasteiger partial charge in [0.1, 0.15) is 0 Å². The molecule has 1 saturated carbocycles. The number of anilines is 1. The quantitative estimate of drug-likeness (QED) is 0.859. The molecule has 3 rings (SSSR count). The number of aryl methyl sites for hydroxylation is 1. The second-order valence-electron chi connectivity index (χ2n) is 5.54. The molecule has 0 amide bonds. The van der Waals surface area contributed by atoms with Crippen molar-refractivity contribution in [3.63, 3.8) is 0 Å². The van der Waals surface area contributed by atoms with Crippen LogP contribution in [0.5, 0.6) is 0 Å². The van der Waals surface area contributed by atoms with Gasteiger partial charge in [-0.2, -0.15) is 0 Å². The third-order valence-electron chi connectivity index (χ3n) is 3.91. The van der Waals surface area contributed by atoms with Crippen molar-refractivity contribution in [1.82, 2.24) is 5.32 Å². The largest absolute Gasteiger partial charge is 0.371 e. The minimum Gasteiger partial charge on any atom is -0.371 e. The lowest BCUT2D eigenvalue weighted by atomic mass is 10.0. The number of piperidine rings is 1. The molecule has 0 spiro atoms. The molecule has 0 bridgehead atoms. The summed E-state index contributed by atoms with van der Waals surface area (Å²) < 4.78 is 0. The number of hydrogen-bond acceptors (Lipinski definition) is 2. The van der Waals surface area contributed by atoms with Crippen LogP contribution < -0.4 is 10.2 Å². The summed E-state index contributed by atoms with van der Waals surface area (Å²) in [5.41, 5.74) is 2.76. The van der Waals surface area contributed by atoms with Crippen LogP contribution in [0.3, 0.4) is 0 Å². The van der Waals surface area contributed by atoms with E-state index < -0.39 is 0 Å². The van der Waals surface area contributed by atoms with E-state index in [0.717, 1.165) is 12.1 Å². The monoisotopic (exact) mass is 230 g/mol. The van der Waals surface area contributed by atoms with Crippen molar-refractivity contribution in [3.05, 3.63) is 29.8 Å². The Morgan fingerprint density at radius 1 is 1.06 bits per heavy atom. The van der Waals surface area contributed by atoms with Gasteiger partial charge in [-0.1, -0.05) is 12.1 Å². The fourth-order valence-corrected chi connectivity index (χ4v) is 2.71. The second-order valence-corrected chi connectivity index (χ2v) is 5.54. The molecular formula is C15H22N2. The van der Waals surface area contributed by atoms with E-state index in [0.29, 0.717) is 0 Å². The zero-order valence-electron chi connectivity index (χ0n) is 10.7. The van der Waals surface area contributed by atoms with Crippen molar-refractivity contribution in [2.75, 3.05) is 18.0 Å². The summed E-state index contributed by atoms with van der Waals surface area (Å²) in [6, 6.07) is 10.5. The Kier molecular flexibility index (Phi) is 3.06. The van der Waals surface area contributed by atoms with Crippen LogP contribution in [0.4, 0.5) is 5.69 Å². The minimum absolute atomic E-state index is 0.767. The maximum absolute atomic E-state index is 3.75. The third kappa shape index (κ3) is 2.81. The number of rotatable bonds is 3. The summed E-state index contributed by atoms with van der Waals surface area (Å²) in [5.74, 6) is 0. The summed E-state index contributed by atoms with van der Waals surface area (Å²) in [7, 11) is 0. The molecule has 1 N–H and O–H groups in total. The molecule has 0 unspecified atom stereocenters. The van der Waals surface area contributed by atoms with Gasteiger partial charge in [-0.15, -0.1) is 0 Å². The Morgan fingerprint density at radius 3 is 2.41 bits per heavy atom. The Morgan fingerprint density at radius 2 is 1.76 bits per heavy atom. The molecule has 0 atom stereocenters. The van der Waals surface area contributed by atoms with Gasteiger partial charge >= 0.3 is 0 Å². The molecule has 1 aromatic carbocycles. The van der Waals surface area contributed by atoms with Gasteiger partial charge in [0.2, 0.25) is 0 Å². The molecule has 2 heteroatoms. The van der Waals surface area contributed by atoms with Crippen LogP contribution in [0.2, 0.25) is 0 Å². The van der Waals surface area contributed by atoms with E-state index in [1.807, 2.05) is 0 Å². The van der Waals surface area contributed by atoms with Gasteiger partial charge in [-0.05, 0) is 50.3 Å². The highest BCUT2D eigenvalue weighted by Crippen LogP contribution is 2.24. The molecule has 1 heterocycles. The van der Waals surface area contributed by atoms with Crippen LogP contribution in [-0.4, -0.2) is 25.2 Å². The Labute approximate surface area is 104 Å². The molecule has 2 aliphatic rings. The first kappa shape index (κ1) is 11.1. The van der Waals surface area contributed by atoms with Gasteiger partial charge < -0.3 is 10.2 Å². The van der Waals surface area contributed by atoms with E-state index in [9.17, 15) is 0 Å². The summed E-state index contributed by atoms with van der Waals surface area (Å²) in [6.07, 6.45) is 5.39. The molecule has 1 aromatic rings. The van der Waals surface area contributed by atoms with Crippen molar-refractivity contribution in [2.45, 2.75) is 44.7 Å². The van der Waals surface area contributed by atoms with E-state index in [1.54, 1.807) is 0 Å². The van der Waals surface area contributed by atoms with Gasteiger partial charge in [0.15, 0.2) is 0 Å². The Hall–Kier alpha value is -1.02. The van der Waals surface area contributed by atoms with Crippen molar-refractivity contribution in [1.29, 1.82) is 0 Å². The van der Waals surface area contributed by atoms with Gasteiger partial charge in [0, 0.05) is 30.9 Å². The number of nitrogens with one attached hydrogen (secondary N) is 1. The zero-order valence-corrected chi connectivity index (χ0v) is 10.7. The predicted octanol–water partition coefficient (Wildman–Crippen LogP) is 2.72. The maximum atomic E-state index is 3.75. The Balaban J connectivity index is 1.56. The van der Waals surface area contributed by atoms with Crippen molar-refractivity contribution >= 4 is 5.69 Å². The number of benzene rings is 1. The highest BCUT2D eigenvalue weighted by atomic mass is 15.2. The predicted molar refractivity (Wildman–Crippen MR) is 72.6 cm³/mol. The average molecular weight is 230 g/mol. The topological polar surface area (TPSA) is 15.3 Å². The van der Waals surface area contributed by atoms with E-state index in [1.165, 1.54) is 50.0 Å². The van der Waals surface area contributed by atoms with Crippen LogP contribution >= 0.6 is 0 Å². The standard InChI is InChI=1S/C15H22N2/c1-12-3-2-4-15(11-12)17-9-7-14(8-10-17)16-13-5-6-13/h2-4,11,13-14,16H,5-10H2,1H3. The van der Waals surface area contributed by atoms with Crippen LogP contribution in [0.25, 0.3) is 0 Å². The summed E-state index contributed by atoms with van der Waals surface area (Å²) in [6.45, 7) is 4.58. The van der Waals surface area contributed by atoms with E-state index in [-0.39, 0.29) is 0 Å². The van der Waals surface area contributed by atoms with Gasteiger partial charge in [0.05, 0.1) is 0 Å². The lowest BCUT2D eigenvalue weighted by Crippen LogP contribution is -2.43. The molecule has 0 radical (unpaired) electrons. The molecule has 1 aliphatic carbocycles. The Bertz CT molecular complexity index is 376. The molecular weight excluding hydrogens is 208 g/mol. The van der Waals surface area contributed by atoms with Crippen LogP contribution in [0.1, 0.15) is 31.2 Å². The average Bonchev–Trinajstić information content (AvgIpc) is 3.14. The summed E-state index contributed by atoms with van der Waals surface area (Å²) in [4.78, 5) is 2.53. The highest BCUT2D eigenvalue weighted by molar-refractivity contribution is 5.48. The first-order valence-corrected chi connectivity index (χ1v) is 6.89. The third-order valence-corrected chi connectivity index (χ3v) is 3.91. The van der Waals surface area contributed by atoms with Crippen molar-refractivity contribution in [2.24, 2.45) is 0 Å². The number of nitrogens with zero attached hydrogens (tertiary/aromatic N) is 1. The van der Waals surface area contributed by atoms with Gasteiger partial charge in [-0.3, -0.25) is 0 Å². The van der Waals surface area contributed by atoms with Crippen molar-refractivity contribution in [3.8, 4) is 0 Å². The van der Waals surface area contributed by atoms with Crippen molar-refractivity contribution < 1.29 is 0 Å². The van der Waals surface area contributed by atoms with Crippen LogP contribution in [0, 0.1) is 6.92 Å². The lowest BCUT2D eigenvalue weighted by Gasteiger charge is -2.34. The molecule has 2 nitrogen and oxygen atoms in total. The van der Waals surface area contributed by atoms with Crippen LogP contribution in [-0.2, 0) is 0 Å². The smallest absolute Gasteiger partial charge is 0.0368 e. The summed E-state index contributed by atoms with van der Waals surface area (Å²) in [5, 5.41) is 3.75. The first-order chi connectivity index (χ1) is 8.31. The molecule has 1 saturated heterocycles. The van der Waals surface area contributed by atoms with E-state index >= 15 is 0 Å². The van der Waals surface area contributed by atoms with Crippen LogP contribution in [0.15, 0.2) is 24.3 Å². The SMILES string of the molecule is Cc1cccc(N2CCC(NC3CC3)CC2)c1. The zero-order chi connectivity index (χ0) is 11.7. The van der Waals surface area contributed by atoms with Gasteiger partial charge in [-0.25, -0.2) is 0 Å². The lowest BCUT2D eigenvalue weighted by molar-refractivity contribution is 0.413. The van der Waals surface area contributed by atoms with Gasteiger partial charge in [0.25, 0.3) is 0 Å². The van der Waals surface area contributed by atoms with E-state index in [2.05, 4.69) is 41.4 Å². The van der Waals surface area contributed by atoms with E-state index in [4.69, 9.17) is 0 Å². The highest BCUT2D eigenvalue weighted by Gasteiger charge is 2.27. The minimum atomic E-state index is 0.767. The fraction of sp³-hybridized carbons (Fsp3) is 0.600. The molecule has 92 valence electrons.